The Hall–Kier alpha value is -1.93. The summed E-state index contributed by atoms with van der Waals surface area (Å²) in [6, 6.07) is 5.95. The van der Waals surface area contributed by atoms with Crippen molar-refractivity contribution in [3.8, 4) is 6.07 Å². The minimum Gasteiger partial charge on any atom is -0.377 e. The normalized spacial score (nSPS) is 21.9. The molecule has 0 spiro atoms. The van der Waals surface area contributed by atoms with Gasteiger partial charge in [-0.25, -0.2) is 4.39 Å². The predicted molar refractivity (Wildman–Crippen MR) is 67.9 cm³/mol. The molecule has 1 heterocycles. The van der Waals surface area contributed by atoms with E-state index in [2.05, 4.69) is 5.32 Å². The average Bonchev–Trinajstić information content (AvgIpc) is 2.87. The van der Waals surface area contributed by atoms with Gasteiger partial charge in [-0.1, -0.05) is 13.0 Å². The van der Waals surface area contributed by atoms with Crippen molar-refractivity contribution < 1.29 is 13.9 Å². The fraction of sp³-hybridized carbons (Fsp3) is 0.429. The summed E-state index contributed by atoms with van der Waals surface area (Å²) in [4.78, 5) is 12.1. The Morgan fingerprint density at radius 3 is 3.11 bits per heavy atom. The highest BCUT2D eigenvalue weighted by Crippen LogP contribution is 2.26. The lowest BCUT2D eigenvalue weighted by molar-refractivity contribution is -0.121. The lowest BCUT2D eigenvalue weighted by atomic mass is 9.98. The molecule has 0 aromatic heterocycles. The maximum atomic E-state index is 13.4. The summed E-state index contributed by atoms with van der Waals surface area (Å²) in [6.07, 6.45) is 1.31. The molecule has 2 unspecified atom stereocenters. The molecule has 4 nitrogen and oxygen atoms in total. The molecule has 0 aliphatic carbocycles. The first-order chi connectivity index (χ1) is 9.17. The Morgan fingerprint density at radius 2 is 2.42 bits per heavy atom. The zero-order valence-electron chi connectivity index (χ0n) is 10.6. The Bertz CT molecular complexity index is 525. The lowest BCUT2D eigenvalue weighted by Crippen LogP contribution is -2.29. The Labute approximate surface area is 111 Å². The molecule has 1 amide bonds. The van der Waals surface area contributed by atoms with Gasteiger partial charge in [-0.2, -0.15) is 5.26 Å². The van der Waals surface area contributed by atoms with Crippen molar-refractivity contribution in [2.45, 2.75) is 25.9 Å². The van der Waals surface area contributed by atoms with Gasteiger partial charge < -0.3 is 10.1 Å². The van der Waals surface area contributed by atoms with E-state index in [0.717, 1.165) is 6.42 Å². The lowest BCUT2D eigenvalue weighted by Gasteiger charge is -2.17. The molecule has 5 heteroatoms. The van der Waals surface area contributed by atoms with Crippen LogP contribution in [0, 0.1) is 23.1 Å². The van der Waals surface area contributed by atoms with E-state index in [9.17, 15) is 9.18 Å². The molecule has 0 saturated carbocycles. The third-order valence-electron chi connectivity index (χ3n) is 3.33. The van der Waals surface area contributed by atoms with Crippen LogP contribution < -0.4 is 5.32 Å². The summed E-state index contributed by atoms with van der Waals surface area (Å²) < 4.78 is 18.9. The molecular formula is C14H15FN2O2. The second-order valence-corrected chi connectivity index (χ2v) is 4.48. The molecule has 1 aliphatic heterocycles. The maximum absolute atomic E-state index is 13.4. The zero-order valence-corrected chi connectivity index (χ0v) is 10.6. The molecule has 1 aromatic carbocycles. The maximum Gasteiger partial charge on any atom is 0.230 e. The quantitative estimate of drug-likeness (QED) is 0.910. The van der Waals surface area contributed by atoms with E-state index in [1.165, 1.54) is 18.2 Å². The third kappa shape index (κ3) is 2.74. The number of nitrogens with zero attached hydrogens (tertiary/aromatic N) is 1. The van der Waals surface area contributed by atoms with Gasteiger partial charge in [0.2, 0.25) is 5.91 Å². The number of nitrogens with one attached hydrogen (secondary N) is 1. The van der Waals surface area contributed by atoms with Gasteiger partial charge in [0.25, 0.3) is 0 Å². The first-order valence-electron chi connectivity index (χ1n) is 6.28. The molecule has 1 aliphatic rings. The summed E-state index contributed by atoms with van der Waals surface area (Å²) in [5, 5.41) is 11.5. The summed E-state index contributed by atoms with van der Waals surface area (Å²) in [6.45, 7) is 2.52. The van der Waals surface area contributed by atoms with E-state index in [-0.39, 0.29) is 29.2 Å². The van der Waals surface area contributed by atoms with Crippen LogP contribution in [-0.4, -0.2) is 18.6 Å². The van der Waals surface area contributed by atoms with E-state index >= 15 is 0 Å². The number of nitriles is 1. The molecule has 0 bridgehead atoms. The number of amides is 1. The Morgan fingerprint density at radius 1 is 1.63 bits per heavy atom. The molecule has 19 heavy (non-hydrogen) atoms. The van der Waals surface area contributed by atoms with Gasteiger partial charge in [-0.05, 0) is 25.0 Å². The topological polar surface area (TPSA) is 62.1 Å². The number of carbonyl (C=O) groups is 1. The molecule has 1 N–H and O–H groups in total. The monoisotopic (exact) mass is 262 g/mol. The molecule has 0 radical (unpaired) electrons. The highest BCUT2D eigenvalue weighted by Gasteiger charge is 2.33. The Kier molecular flexibility index (Phi) is 4.13. The highest BCUT2D eigenvalue weighted by molar-refractivity contribution is 5.94. The van der Waals surface area contributed by atoms with Crippen LogP contribution in [0.2, 0.25) is 0 Å². The average molecular weight is 262 g/mol. The molecule has 2 atom stereocenters. The van der Waals surface area contributed by atoms with Crippen molar-refractivity contribution in [2.24, 2.45) is 5.92 Å². The van der Waals surface area contributed by atoms with Gasteiger partial charge in [0, 0.05) is 6.61 Å². The van der Waals surface area contributed by atoms with E-state index in [4.69, 9.17) is 10.00 Å². The summed E-state index contributed by atoms with van der Waals surface area (Å²) in [7, 11) is 0. The van der Waals surface area contributed by atoms with Gasteiger partial charge >= 0.3 is 0 Å². The largest absolute Gasteiger partial charge is 0.377 e. The van der Waals surface area contributed by atoms with Crippen molar-refractivity contribution in [1.82, 2.24) is 0 Å². The fourth-order valence-electron chi connectivity index (χ4n) is 2.32. The minimum atomic E-state index is -0.630. The van der Waals surface area contributed by atoms with Gasteiger partial charge in [0.05, 0.1) is 17.7 Å². The number of ether oxygens (including phenoxy) is 1. The highest BCUT2D eigenvalue weighted by atomic mass is 19.1. The van der Waals surface area contributed by atoms with Crippen LogP contribution in [0.3, 0.4) is 0 Å². The van der Waals surface area contributed by atoms with Gasteiger partial charge in [0.1, 0.15) is 17.4 Å². The summed E-state index contributed by atoms with van der Waals surface area (Å²) >= 11 is 0. The number of halogens is 1. The number of benzene rings is 1. The number of hydrogen-bond acceptors (Lipinski definition) is 3. The summed E-state index contributed by atoms with van der Waals surface area (Å²) in [5.41, 5.74) is 0.0806. The first-order valence-corrected chi connectivity index (χ1v) is 6.28. The number of carbonyl (C=O) groups excluding carboxylic acids is 1. The molecule has 100 valence electrons. The minimum absolute atomic E-state index is 0.0981. The van der Waals surface area contributed by atoms with Crippen molar-refractivity contribution >= 4 is 11.6 Å². The van der Waals surface area contributed by atoms with Crippen LogP contribution in [0.5, 0.6) is 0 Å². The van der Waals surface area contributed by atoms with E-state index in [1.807, 2.05) is 6.92 Å². The smallest absolute Gasteiger partial charge is 0.230 e. The zero-order chi connectivity index (χ0) is 13.8. The van der Waals surface area contributed by atoms with Crippen LogP contribution in [0.1, 0.15) is 25.3 Å². The Balaban J connectivity index is 2.16. The molecular weight excluding hydrogens is 247 g/mol. The number of anilines is 1. The molecule has 2 rings (SSSR count). The first kappa shape index (κ1) is 13.5. The standard InChI is InChI=1S/C14H15FN2O2/c1-2-13-9(6-7-19-13)14(18)17-12-5-3-4-11(15)10(12)8-16/h3-5,9,13H,2,6-7H2,1H3,(H,17,18). The molecule has 1 aromatic rings. The van der Waals surface area contributed by atoms with E-state index in [1.54, 1.807) is 6.07 Å². The summed E-state index contributed by atoms with van der Waals surface area (Å²) in [5.74, 6) is -1.08. The van der Waals surface area contributed by atoms with Crippen molar-refractivity contribution in [3.05, 3.63) is 29.6 Å². The predicted octanol–water partition coefficient (Wildman–Crippen LogP) is 2.45. The van der Waals surface area contributed by atoms with Crippen LogP contribution in [-0.2, 0) is 9.53 Å². The van der Waals surface area contributed by atoms with Crippen molar-refractivity contribution in [2.75, 3.05) is 11.9 Å². The fourth-order valence-corrected chi connectivity index (χ4v) is 2.32. The number of rotatable bonds is 3. The van der Waals surface area contributed by atoms with E-state index in [0.29, 0.717) is 13.0 Å². The SMILES string of the molecule is CCC1OCCC1C(=O)Nc1cccc(F)c1C#N. The van der Waals surface area contributed by atoms with Crippen LogP contribution in [0.15, 0.2) is 18.2 Å². The van der Waals surface area contributed by atoms with Crippen molar-refractivity contribution in [3.63, 3.8) is 0 Å². The van der Waals surface area contributed by atoms with Gasteiger partial charge in [0.15, 0.2) is 0 Å². The number of hydrogen-bond donors (Lipinski definition) is 1. The van der Waals surface area contributed by atoms with Gasteiger partial charge in [-0.15, -0.1) is 0 Å². The van der Waals surface area contributed by atoms with Crippen molar-refractivity contribution in [1.29, 1.82) is 5.26 Å². The second kappa shape index (κ2) is 5.81. The van der Waals surface area contributed by atoms with Gasteiger partial charge in [-0.3, -0.25) is 4.79 Å². The second-order valence-electron chi connectivity index (χ2n) is 4.48. The molecule has 1 fully saturated rings. The third-order valence-corrected chi connectivity index (χ3v) is 3.33. The van der Waals surface area contributed by atoms with Crippen LogP contribution in [0.4, 0.5) is 10.1 Å². The molecule has 1 saturated heterocycles. The van der Waals surface area contributed by atoms with E-state index < -0.39 is 5.82 Å². The van der Waals surface area contributed by atoms with Crippen LogP contribution >= 0.6 is 0 Å². The van der Waals surface area contributed by atoms with Crippen LogP contribution in [0.25, 0.3) is 0 Å².